The molecule has 0 saturated carbocycles. The lowest BCUT2D eigenvalue weighted by molar-refractivity contribution is -0.137. The maximum absolute atomic E-state index is 13.0. The Hall–Kier alpha value is -4.60. The van der Waals surface area contributed by atoms with Gasteiger partial charge in [-0.2, -0.15) is 0 Å². The van der Waals surface area contributed by atoms with Crippen LogP contribution in [0.5, 0.6) is 0 Å². The van der Waals surface area contributed by atoms with Crippen molar-refractivity contribution < 1.29 is 19.8 Å². The molecule has 9 heteroatoms. The summed E-state index contributed by atoms with van der Waals surface area (Å²) >= 11 is 0. The van der Waals surface area contributed by atoms with Crippen LogP contribution in [0.15, 0.2) is 97.2 Å². The third-order valence-corrected chi connectivity index (χ3v) is 7.33. The summed E-state index contributed by atoms with van der Waals surface area (Å²) in [6, 6.07) is 24.0. The van der Waals surface area contributed by atoms with Crippen LogP contribution < -0.4 is 10.2 Å². The first-order valence-electron chi connectivity index (χ1n) is 13.2. The summed E-state index contributed by atoms with van der Waals surface area (Å²) in [6.07, 6.45) is 6.85. The number of aliphatic hydroxyl groups is 2. The molecule has 1 aliphatic rings. The minimum absolute atomic E-state index is 0.0695. The smallest absolute Gasteiger partial charge is 0.261 e. The number of hydrogen-bond acceptors (Lipinski definition) is 6. The quantitative estimate of drug-likeness (QED) is 0.196. The molecule has 40 heavy (non-hydrogen) atoms. The number of carbonyl (C=O) groups excluding carboxylic acids is 2. The number of aromatic nitrogens is 3. The molecule has 0 radical (unpaired) electrons. The van der Waals surface area contributed by atoms with Crippen LogP contribution in [-0.2, 0) is 21.7 Å². The second-order valence-corrected chi connectivity index (χ2v) is 9.82. The molecule has 0 spiro atoms. The molecule has 0 saturated heterocycles. The van der Waals surface area contributed by atoms with Gasteiger partial charge in [-0.3, -0.25) is 19.2 Å². The molecule has 2 heterocycles. The Morgan fingerprint density at radius 2 is 1.77 bits per heavy atom. The fourth-order valence-corrected chi connectivity index (χ4v) is 5.04. The molecular weight excluding hydrogens is 506 g/mol. The molecule has 1 unspecified atom stereocenters. The normalized spacial score (nSPS) is 17.8. The molecule has 1 aromatic heterocycles. The Balaban J connectivity index is 1.28. The van der Waals surface area contributed by atoms with E-state index >= 15 is 0 Å². The minimum atomic E-state index is -1.79. The van der Waals surface area contributed by atoms with Crippen LogP contribution in [0.3, 0.4) is 0 Å². The average Bonchev–Trinajstić information content (AvgIpc) is 3.55. The molecule has 3 atom stereocenters. The molecular formula is C31H31N5O4. The van der Waals surface area contributed by atoms with Crippen LogP contribution in [-0.4, -0.2) is 44.1 Å². The van der Waals surface area contributed by atoms with Crippen molar-refractivity contribution in [2.24, 2.45) is 5.92 Å². The van der Waals surface area contributed by atoms with E-state index in [1.54, 1.807) is 29.8 Å². The maximum Gasteiger partial charge on any atom is 0.261 e. The third kappa shape index (κ3) is 5.16. The van der Waals surface area contributed by atoms with Gasteiger partial charge < -0.3 is 15.5 Å². The van der Waals surface area contributed by atoms with Crippen molar-refractivity contribution in [2.75, 3.05) is 16.8 Å². The van der Waals surface area contributed by atoms with E-state index in [4.69, 9.17) is 0 Å². The zero-order valence-corrected chi connectivity index (χ0v) is 22.1. The van der Waals surface area contributed by atoms with Gasteiger partial charge in [0.2, 0.25) is 6.41 Å². The largest absolute Gasteiger partial charge is 0.395 e. The fourth-order valence-electron chi connectivity index (χ4n) is 5.04. The van der Waals surface area contributed by atoms with Crippen molar-refractivity contribution in [3.8, 4) is 0 Å². The van der Waals surface area contributed by atoms with Crippen molar-refractivity contribution >= 4 is 29.4 Å². The summed E-state index contributed by atoms with van der Waals surface area (Å²) < 4.78 is 1.71. The number of benzene rings is 3. The highest BCUT2D eigenvalue weighted by molar-refractivity contribution is 6.06. The summed E-state index contributed by atoms with van der Waals surface area (Å²) in [5.41, 5.74) is 2.03. The number of nitrogens with zero attached hydrogens (tertiary/aromatic N) is 4. The average molecular weight is 538 g/mol. The third-order valence-electron chi connectivity index (χ3n) is 7.33. The number of para-hydroxylation sites is 1. The predicted octanol–water partition coefficient (Wildman–Crippen LogP) is 4.12. The highest BCUT2D eigenvalue weighted by Gasteiger charge is 2.48. The molecule has 3 N–H and O–H groups in total. The van der Waals surface area contributed by atoms with E-state index in [1.807, 2.05) is 79.0 Å². The highest BCUT2D eigenvalue weighted by atomic mass is 16.3. The number of amides is 2. The molecule has 1 aliphatic heterocycles. The first-order valence-corrected chi connectivity index (χ1v) is 13.2. The van der Waals surface area contributed by atoms with Gasteiger partial charge in [0.1, 0.15) is 0 Å². The lowest BCUT2D eigenvalue weighted by atomic mass is 9.82. The topological polar surface area (TPSA) is 121 Å². The number of nitrogens with one attached hydrogen (secondary N) is 1. The van der Waals surface area contributed by atoms with Gasteiger partial charge in [0, 0.05) is 41.3 Å². The summed E-state index contributed by atoms with van der Waals surface area (Å²) in [7, 11) is 0. The molecule has 4 aromatic rings. The standard InChI is InChI=1S/C31H31N5O4/c1-22(10-8-9-17-35-19-29(33-34-35)26(20-37)23-11-4-2-5-12-23)31(40)27-18-25(15-16-28(27)32-30(31)39)36(21-38)24-13-6-3-7-14-24/h2-8,10-16,18-19,21-22,26,37,40H,9,17,20H2,1H3,(H,32,39)/b10-8+/t22-,26?,31+/m1/s1. The van der Waals surface area contributed by atoms with Crippen molar-refractivity contribution in [1.29, 1.82) is 0 Å². The van der Waals surface area contributed by atoms with Crippen LogP contribution in [0.2, 0.25) is 0 Å². The fraction of sp³-hybridized carbons (Fsp3) is 0.226. The summed E-state index contributed by atoms with van der Waals surface area (Å²) in [4.78, 5) is 26.4. The van der Waals surface area contributed by atoms with Gasteiger partial charge in [-0.25, -0.2) is 0 Å². The molecule has 3 aromatic carbocycles. The van der Waals surface area contributed by atoms with Crippen LogP contribution in [0.4, 0.5) is 17.1 Å². The van der Waals surface area contributed by atoms with E-state index in [1.165, 1.54) is 4.90 Å². The lowest BCUT2D eigenvalue weighted by Crippen LogP contribution is -2.39. The van der Waals surface area contributed by atoms with Crippen LogP contribution >= 0.6 is 0 Å². The number of allylic oxidation sites excluding steroid dienone is 1. The Morgan fingerprint density at radius 1 is 1.05 bits per heavy atom. The Kier molecular flexibility index (Phi) is 7.86. The van der Waals surface area contributed by atoms with Crippen molar-refractivity contribution in [2.45, 2.75) is 31.4 Å². The molecule has 5 rings (SSSR count). The first-order chi connectivity index (χ1) is 19.5. The Labute approximate surface area is 232 Å². The highest BCUT2D eigenvalue weighted by Crippen LogP contribution is 2.44. The second kappa shape index (κ2) is 11.6. The molecule has 0 fully saturated rings. The van der Waals surface area contributed by atoms with Gasteiger partial charge >= 0.3 is 0 Å². The van der Waals surface area contributed by atoms with Crippen molar-refractivity contribution in [3.63, 3.8) is 0 Å². The number of aryl methyl sites for hydroxylation is 1. The van der Waals surface area contributed by atoms with Gasteiger partial charge in [-0.1, -0.05) is 72.8 Å². The van der Waals surface area contributed by atoms with E-state index in [0.717, 1.165) is 5.56 Å². The zero-order valence-electron chi connectivity index (χ0n) is 22.1. The van der Waals surface area contributed by atoms with Gasteiger partial charge in [0.15, 0.2) is 5.60 Å². The van der Waals surface area contributed by atoms with Crippen molar-refractivity contribution in [3.05, 3.63) is 114 Å². The zero-order chi connectivity index (χ0) is 28.1. The molecule has 204 valence electrons. The lowest BCUT2D eigenvalue weighted by Gasteiger charge is -2.27. The van der Waals surface area contributed by atoms with Gasteiger partial charge in [-0.05, 0) is 42.3 Å². The minimum Gasteiger partial charge on any atom is -0.395 e. The number of aliphatic hydroxyl groups excluding tert-OH is 1. The summed E-state index contributed by atoms with van der Waals surface area (Å²) in [6.45, 7) is 2.26. The van der Waals surface area contributed by atoms with Crippen molar-refractivity contribution in [1.82, 2.24) is 15.0 Å². The van der Waals surface area contributed by atoms with Crippen LogP contribution in [0.25, 0.3) is 0 Å². The number of rotatable bonds is 11. The molecule has 2 amide bonds. The predicted molar refractivity (Wildman–Crippen MR) is 152 cm³/mol. The number of fused-ring (bicyclic) bond motifs is 1. The Morgan fingerprint density at radius 3 is 2.48 bits per heavy atom. The maximum atomic E-state index is 13.0. The SMILES string of the molecule is C[C@H](/C=C/CCn1cc(C(CO)c2ccccc2)nn1)[C@@]1(O)C(=O)Nc2ccc(N(C=O)c3ccccc3)cc21. The van der Waals surface area contributed by atoms with Crippen LogP contribution in [0, 0.1) is 5.92 Å². The monoisotopic (exact) mass is 537 g/mol. The van der Waals surface area contributed by atoms with E-state index in [9.17, 15) is 19.8 Å². The molecule has 0 aliphatic carbocycles. The molecule has 9 nitrogen and oxygen atoms in total. The number of anilines is 3. The van der Waals surface area contributed by atoms with Gasteiger partial charge in [-0.15, -0.1) is 5.10 Å². The van der Waals surface area contributed by atoms with E-state index in [-0.39, 0.29) is 12.5 Å². The van der Waals surface area contributed by atoms with E-state index < -0.39 is 17.4 Å². The van der Waals surface area contributed by atoms with E-state index in [2.05, 4.69) is 15.6 Å². The first kappa shape index (κ1) is 27.0. The van der Waals surface area contributed by atoms with Gasteiger partial charge in [0.25, 0.3) is 5.91 Å². The second-order valence-electron chi connectivity index (χ2n) is 9.82. The number of carbonyl (C=O) groups is 2. The summed E-state index contributed by atoms with van der Waals surface area (Å²) in [5, 5.41) is 32.7. The molecule has 0 bridgehead atoms. The summed E-state index contributed by atoms with van der Waals surface area (Å²) in [5.74, 6) is -1.30. The van der Waals surface area contributed by atoms with Gasteiger partial charge in [0.05, 0.1) is 18.2 Å². The van der Waals surface area contributed by atoms with Crippen LogP contribution in [0.1, 0.15) is 36.1 Å². The Bertz CT molecular complexity index is 1500. The number of hydrogen-bond donors (Lipinski definition) is 3. The van der Waals surface area contributed by atoms with E-state index in [0.29, 0.717) is 47.7 Å².